The lowest BCUT2D eigenvalue weighted by molar-refractivity contribution is 0.205. The lowest BCUT2D eigenvalue weighted by Gasteiger charge is -2.24. The van der Waals surface area contributed by atoms with E-state index in [0.717, 1.165) is 18.5 Å². The highest BCUT2D eigenvalue weighted by Crippen LogP contribution is 2.40. The van der Waals surface area contributed by atoms with Crippen molar-refractivity contribution < 1.29 is 19.0 Å². The second-order valence-electron chi connectivity index (χ2n) is 6.31. The summed E-state index contributed by atoms with van der Waals surface area (Å²) in [6.07, 6.45) is 4.05. The van der Waals surface area contributed by atoms with Gasteiger partial charge in [-0.15, -0.1) is 0 Å². The molecule has 26 heavy (non-hydrogen) atoms. The van der Waals surface area contributed by atoms with Gasteiger partial charge in [0.15, 0.2) is 11.5 Å². The summed E-state index contributed by atoms with van der Waals surface area (Å²) < 4.78 is 18.0. The summed E-state index contributed by atoms with van der Waals surface area (Å²) >= 11 is 0. The first-order valence-electron chi connectivity index (χ1n) is 8.55. The highest BCUT2D eigenvalue weighted by molar-refractivity contribution is 5.90. The van der Waals surface area contributed by atoms with Gasteiger partial charge in [-0.1, -0.05) is 0 Å². The van der Waals surface area contributed by atoms with Crippen LogP contribution in [-0.4, -0.2) is 42.9 Å². The predicted octanol–water partition coefficient (Wildman–Crippen LogP) is 3.25. The van der Waals surface area contributed by atoms with Gasteiger partial charge in [-0.3, -0.25) is 0 Å². The van der Waals surface area contributed by atoms with Crippen molar-refractivity contribution >= 4 is 11.7 Å². The molecule has 0 unspecified atom stereocenters. The van der Waals surface area contributed by atoms with Crippen molar-refractivity contribution in [2.75, 3.05) is 26.6 Å². The summed E-state index contributed by atoms with van der Waals surface area (Å²) in [5.74, 6) is 1.50. The second kappa shape index (κ2) is 7.59. The zero-order valence-corrected chi connectivity index (χ0v) is 15.6. The van der Waals surface area contributed by atoms with Gasteiger partial charge in [0.05, 0.1) is 33.6 Å². The number of carbonyl (C=O) groups excluding carboxylic acids is 1. The molecule has 0 radical (unpaired) electrons. The molecule has 2 amide bonds. The number of carbonyl (C=O) groups is 1. The number of hydrogen-bond acceptors (Lipinski definition) is 4. The lowest BCUT2D eigenvalue weighted by Crippen LogP contribution is -2.36. The minimum absolute atomic E-state index is 0.136. The summed E-state index contributed by atoms with van der Waals surface area (Å²) in [4.78, 5) is 14.8. The molecule has 2 aromatic rings. The molecule has 3 rings (SSSR count). The molecule has 1 fully saturated rings. The van der Waals surface area contributed by atoms with Crippen molar-refractivity contribution in [2.24, 2.45) is 7.05 Å². The fourth-order valence-corrected chi connectivity index (χ4v) is 2.94. The van der Waals surface area contributed by atoms with E-state index in [0.29, 0.717) is 29.5 Å². The van der Waals surface area contributed by atoms with Crippen LogP contribution in [0, 0.1) is 0 Å². The first kappa shape index (κ1) is 18.0. The van der Waals surface area contributed by atoms with Gasteiger partial charge in [-0.2, -0.15) is 0 Å². The number of urea groups is 1. The average molecular weight is 359 g/mol. The van der Waals surface area contributed by atoms with Gasteiger partial charge in [0, 0.05) is 37.1 Å². The maximum absolute atomic E-state index is 12.9. The van der Waals surface area contributed by atoms with E-state index in [1.807, 2.05) is 34.8 Å². The number of rotatable bonds is 7. The van der Waals surface area contributed by atoms with E-state index in [1.54, 1.807) is 33.5 Å². The van der Waals surface area contributed by atoms with Crippen molar-refractivity contribution in [3.05, 3.63) is 36.2 Å². The Balaban J connectivity index is 1.80. The number of amides is 2. The van der Waals surface area contributed by atoms with Crippen LogP contribution >= 0.6 is 0 Å². The molecule has 7 nitrogen and oxygen atoms in total. The number of nitrogens with one attached hydrogen (secondary N) is 1. The Hall–Kier alpha value is -2.83. The van der Waals surface area contributed by atoms with Crippen LogP contribution in [0.1, 0.15) is 18.5 Å². The first-order valence-corrected chi connectivity index (χ1v) is 8.55. The van der Waals surface area contributed by atoms with Crippen molar-refractivity contribution in [2.45, 2.75) is 25.4 Å². The minimum Gasteiger partial charge on any atom is -0.493 e. The first-order chi connectivity index (χ1) is 12.6. The molecule has 1 aliphatic carbocycles. The van der Waals surface area contributed by atoms with Gasteiger partial charge in [-0.25, -0.2) is 4.79 Å². The number of anilines is 1. The van der Waals surface area contributed by atoms with Gasteiger partial charge in [0.25, 0.3) is 0 Å². The van der Waals surface area contributed by atoms with E-state index in [2.05, 4.69) is 5.32 Å². The smallest absolute Gasteiger partial charge is 0.322 e. The minimum atomic E-state index is -0.136. The molecule has 0 atom stereocenters. The number of aromatic nitrogens is 1. The molecule has 140 valence electrons. The third-order valence-corrected chi connectivity index (χ3v) is 4.55. The van der Waals surface area contributed by atoms with Crippen LogP contribution in [0.25, 0.3) is 0 Å². The molecule has 0 aliphatic heterocycles. The number of benzene rings is 1. The second-order valence-corrected chi connectivity index (χ2v) is 6.31. The number of methoxy groups -OCH3 is 3. The molecule has 1 aliphatic rings. The fraction of sp³-hybridized carbons (Fsp3) is 0.421. The van der Waals surface area contributed by atoms with Gasteiger partial charge >= 0.3 is 6.03 Å². The quantitative estimate of drug-likeness (QED) is 0.824. The van der Waals surface area contributed by atoms with Crippen molar-refractivity contribution in [3.8, 4) is 17.2 Å². The van der Waals surface area contributed by atoms with E-state index in [4.69, 9.17) is 14.2 Å². The Morgan fingerprint density at radius 2 is 1.85 bits per heavy atom. The lowest BCUT2D eigenvalue weighted by atomic mass is 10.2. The Morgan fingerprint density at radius 3 is 2.31 bits per heavy atom. The summed E-state index contributed by atoms with van der Waals surface area (Å²) in [5.41, 5.74) is 1.69. The highest BCUT2D eigenvalue weighted by Gasteiger charge is 2.33. The largest absolute Gasteiger partial charge is 0.493 e. The Bertz CT molecular complexity index is 758. The van der Waals surface area contributed by atoms with Crippen molar-refractivity contribution in [1.82, 2.24) is 9.47 Å². The molecule has 0 spiro atoms. The van der Waals surface area contributed by atoms with Crippen LogP contribution in [0.3, 0.4) is 0 Å². The van der Waals surface area contributed by atoms with Crippen LogP contribution in [0.4, 0.5) is 10.5 Å². The van der Waals surface area contributed by atoms with E-state index >= 15 is 0 Å². The van der Waals surface area contributed by atoms with E-state index < -0.39 is 0 Å². The van der Waals surface area contributed by atoms with E-state index in [-0.39, 0.29) is 12.1 Å². The number of ether oxygens (including phenoxy) is 3. The molecule has 1 aromatic carbocycles. The zero-order valence-electron chi connectivity index (χ0n) is 15.6. The van der Waals surface area contributed by atoms with E-state index in [1.165, 1.54) is 0 Å². The van der Waals surface area contributed by atoms with Crippen LogP contribution in [-0.2, 0) is 13.6 Å². The van der Waals surface area contributed by atoms with Crippen LogP contribution in [0.5, 0.6) is 17.2 Å². The predicted molar refractivity (Wildman–Crippen MR) is 99.1 cm³/mol. The molecule has 1 aromatic heterocycles. The molecular weight excluding hydrogens is 334 g/mol. The zero-order chi connectivity index (χ0) is 18.7. The molecule has 1 heterocycles. The van der Waals surface area contributed by atoms with Crippen LogP contribution < -0.4 is 19.5 Å². The molecule has 7 heteroatoms. The Kier molecular flexibility index (Phi) is 5.25. The maximum Gasteiger partial charge on any atom is 0.322 e. The topological polar surface area (TPSA) is 65.0 Å². The van der Waals surface area contributed by atoms with Gasteiger partial charge in [0.2, 0.25) is 5.75 Å². The van der Waals surface area contributed by atoms with Crippen molar-refractivity contribution in [1.29, 1.82) is 0 Å². The van der Waals surface area contributed by atoms with Gasteiger partial charge in [-0.05, 0) is 25.0 Å². The number of hydrogen-bond donors (Lipinski definition) is 1. The number of nitrogens with zero attached hydrogens (tertiary/aromatic N) is 2. The fourth-order valence-electron chi connectivity index (χ4n) is 2.94. The van der Waals surface area contributed by atoms with Crippen LogP contribution in [0.2, 0.25) is 0 Å². The molecular formula is C19H25N3O4. The summed E-state index contributed by atoms with van der Waals surface area (Å²) in [6.45, 7) is 0.574. The van der Waals surface area contributed by atoms with Gasteiger partial charge < -0.3 is 29.0 Å². The third kappa shape index (κ3) is 3.71. The molecule has 0 bridgehead atoms. The highest BCUT2D eigenvalue weighted by atomic mass is 16.5. The molecule has 0 saturated heterocycles. The summed E-state index contributed by atoms with van der Waals surface area (Å²) in [7, 11) is 6.63. The van der Waals surface area contributed by atoms with Crippen molar-refractivity contribution in [3.63, 3.8) is 0 Å². The molecule has 1 N–H and O–H groups in total. The van der Waals surface area contributed by atoms with Gasteiger partial charge in [0.1, 0.15) is 0 Å². The monoisotopic (exact) mass is 359 g/mol. The molecule has 1 saturated carbocycles. The Labute approximate surface area is 153 Å². The normalized spacial score (nSPS) is 13.2. The summed E-state index contributed by atoms with van der Waals surface area (Å²) in [6, 6.07) is 7.62. The van der Waals surface area contributed by atoms with Crippen LogP contribution in [0.15, 0.2) is 30.5 Å². The Morgan fingerprint density at radius 1 is 1.19 bits per heavy atom. The number of aryl methyl sites for hydroxylation is 1. The summed E-state index contributed by atoms with van der Waals surface area (Å²) in [5, 5.41) is 2.96. The standard InChI is InChI=1S/C19H25N3O4/c1-21-9-5-6-15(21)12-22(14-7-8-14)19(23)20-13-10-16(24-2)18(26-4)17(11-13)25-3/h5-6,9-11,14H,7-8,12H2,1-4H3,(H,20,23). The SMILES string of the molecule is COc1cc(NC(=O)N(Cc2cccn2C)C2CC2)cc(OC)c1OC. The maximum atomic E-state index is 12.9. The average Bonchev–Trinajstić information content (AvgIpc) is 3.40. The van der Waals surface area contributed by atoms with E-state index in [9.17, 15) is 4.79 Å². The third-order valence-electron chi connectivity index (χ3n) is 4.55.